The van der Waals surface area contributed by atoms with Crippen LogP contribution in [0.25, 0.3) is 0 Å². The van der Waals surface area contributed by atoms with E-state index in [1.54, 1.807) is 0 Å². The van der Waals surface area contributed by atoms with Crippen molar-refractivity contribution in [3.63, 3.8) is 0 Å². The van der Waals surface area contributed by atoms with Gasteiger partial charge in [0.1, 0.15) is 0 Å². The molecule has 0 bridgehead atoms. The van der Waals surface area contributed by atoms with Crippen LogP contribution in [0.4, 0.5) is 5.69 Å². The predicted molar refractivity (Wildman–Crippen MR) is 84.3 cm³/mol. The third kappa shape index (κ3) is 2.90. The quantitative estimate of drug-likeness (QED) is 0.760. The number of hydrogen-bond acceptors (Lipinski definition) is 2. The summed E-state index contributed by atoms with van der Waals surface area (Å²) in [6.07, 6.45) is 3.97. The smallest absolute Gasteiger partial charge is 0.0476 e. The molecular weight excluding hydrogens is 256 g/mol. The minimum Gasteiger partial charge on any atom is -0.373 e. The van der Waals surface area contributed by atoms with Crippen molar-refractivity contribution in [2.24, 2.45) is 0 Å². The van der Waals surface area contributed by atoms with Gasteiger partial charge in [-0.1, -0.05) is 6.07 Å². The molecule has 3 heteroatoms. The number of nitrogens with zero attached hydrogens (tertiary/aromatic N) is 2. The van der Waals surface area contributed by atoms with E-state index >= 15 is 0 Å². The number of aryl methyl sites for hydroxylation is 1. The topological polar surface area (TPSA) is 6.48 Å². The van der Waals surface area contributed by atoms with Crippen LogP contribution in [0.3, 0.4) is 0 Å². The molecule has 1 aliphatic rings. The Balaban J connectivity index is 2.11. The number of alkyl halides is 1. The Hall–Kier alpha value is -0.730. The molecule has 1 saturated carbocycles. The average Bonchev–Trinajstić information content (AvgIpc) is 2.32. The third-order valence-corrected chi connectivity index (χ3v) is 4.96. The second-order valence-corrected chi connectivity index (χ2v) is 6.34. The van der Waals surface area contributed by atoms with E-state index in [-0.39, 0.29) is 0 Å². The van der Waals surface area contributed by atoms with Gasteiger partial charge in [-0.2, -0.15) is 0 Å². The van der Waals surface area contributed by atoms with Crippen LogP contribution in [0.1, 0.15) is 30.4 Å². The van der Waals surface area contributed by atoms with Gasteiger partial charge < -0.3 is 9.80 Å². The summed E-state index contributed by atoms with van der Waals surface area (Å²) in [5, 5.41) is 0. The number of anilines is 1. The van der Waals surface area contributed by atoms with Gasteiger partial charge in [-0.25, -0.2) is 0 Å². The fourth-order valence-electron chi connectivity index (χ4n) is 2.93. The molecule has 0 amide bonds. The first-order chi connectivity index (χ1) is 8.98. The highest BCUT2D eigenvalue weighted by atomic mass is 35.5. The maximum absolute atomic E-state index is 5.92. The summed E-state index contributed by atoms with van der Waals surface area (Å²) in [6, 6.07) is 6.59. The van der Waals surface area contributed by atoms with Gasteiger partial charge in [0.15, 0.2) is 0 Å². The first-order valence-corrected chi connectivity index (χ1v) is 7.56. The standard InChI is InChI=1S/C16H25ClN2/c1-13-10-15(7-6-14(13)11-17)19(4)12-16(18(2)3)8-5-9-16/h6-7,10H,5,8-9,11-12H2,1-4H3. The highest BCUT2D eigenvalue weighted by Crippen LogP contribution is 2.37. The molecule has 0 N–H and O–H groups in total. The fraction of sp³-hybridized carbons (Fsp3) is 0.625. The first-order valence-electron chi connectivity index (χ1n) is 7.02. The molecule has 106 valence electrons. The van der Waals surface area contributed by atoms with Crippen LogP contribution in [0, 0.1) is 6.92 Å². The Morgan fingerprint density at radius 2 is 1.89 bits per heavy atom. The Bertz CT molecular complexity index is 438. The zero-order valence-corrected chi connectivity index (χ0v) is 13.3. The summed E-state index contributed by atoms with van der Waals surface area (Å²) in [7, 11) is 6.60. The molecule has 1 fully saturated rings. The minimum absolute atomic E-state index is 0.369. The van der Waals surface area contributed by atoms with Crippen LogP contribution in [0.15, 0.2) is 18.2 Å². The van der Waals surface area contributed by atoms with E-state index in [0.717, 1.165) is 6.54 Å². The molecule has 0 aliphatic heterocycles. The van der Waals surface area contributed by atoms with Crippen molar-refractivity contribution >= 4 is 17.3 Å². The lowest BCUT2D eigenvalue weighted by Crippen LogP contribution is -2.56. The average molecular weight is 281 g/mol. The summed E-state index contributed by atoms with van der Waals surface area (Å²) in [5.74, 6) is 0.595. The molecule has 2 nitrogen and oxygen atoms in total. The summed E-state index contributed by atoms with van der Waals surface area (Å²) in [6.45, 7) is 3.24. The van der Waals surface area contributed by atoms with Gasteiger partial charge in [-0.05, 0) is 63.5 Å². The van der Waals surface area contributed by atoms with E-state index in [0.29, 0.717) is 11.4 Å². The zero-order valence-electron chi connectivity index (χ0n) is 12.5. The molecule has 0 spiro atoms. The van der Waals surface area contributed by atoms with Crippen molar-refractivity contribution < 1.29 is 0 Å². The second kappa shape index (κ2) is 5.72. The number of likely N-dealkylation sites (N-methyl/N-ethyl adjacent to an activating group) is 2. The summed E-state index contributed by atoms with van der Waals surface area (Å²) >= 11 is 5.92. The number of rotatable bonds is 5. The van der Waals surface area contributed by atoms with Crippen molar-refractivity contribution in [2.45, 2.75) is 37.6 Å². The minimum atomic E-state index is 0.369. The lowest BCUT2D eigenvalue weighted by atomic mass is 9.75. The largest absolute Gasteiger partial charge is 0.373 e. The van der Waals surface area contributed by atoms with Gasteiger partial charge in [-0.15, -0.1) is 11.6 Å². The molecule has 2 rings (SSSR count). The second-order valence-electron chi connectivity index (χ2n) is 6.07. The number of halogens is 1. The lowest BCUT2D eigenvalue weighted by molar-refractivity contribution is 0.0683. The number of benzene rings is 1. The fourth-order valence-corrected chi connectivity index (χ4v) is 3.23. The molecule has 1 aromatic carbocycles. The van der Waals surface area contributed by atoms with Crippen LogP contribution >= 0.6 is 11.6 Å². The van der Waals surface area contributed by atoms with Crippen LogP contribution in [-0.2, 0) is 5.88 Å². The molecule has 0 saturated heterocycles. The Kier molecular flexibility index (Phi) is 4.42. The van der Waals surface area contributed by atoms with Gasteiger partial charge >= 0.3 is 0 Å². The monoisotopic (exact) mass is 280 g/mol. The Morgan fingerprint density at radius 1 is 1.21 bits per heavy atom. The van der Waals surface area contributed by atoms with E-state index in [2.05, 4.69) is 56.1 Å². The summed E-state index contributed by atoms with van der Waals surface area (Å²) in [4.78, 5) is 4.77. The summed E-state index contributed by atoms with van der Waals surface area (Å²) < 4.78 is 0. The maximum atomic E-state index is 5.92. The van der Waals surface area contributed by atoms with E-state index < -0.39 is 0 Å². The van der Waals surface area contributed by atoms with Gasteiger partial charge in [0, 0.05) is 30.7 Å². The van der Waals surface area contributed by atoms with Crippen molar-refractivity contribution in [1.29, 1.82) is 0 Å². The van der Waals surface area contributed by atoms with E-state index in [1.165, 1.54) is 36.1 Å². The van der Waals surface area contributed by atoms with Crippen LogP contribution in [0.5, 0.6) is 0 Å². The first kappa shape index (κ1) is 14.7. The molecule has 0 aromatic heterocycles. The van der Waals surface area contributed by atoms with Crippen LogP contribution < -0.4 is 4.90 Å². The van der Waals surface area contributed by atoms with E-state index in [4.69, 9.17) is 11.6 Å². The molecule has 19 heavy (non-hydrogen) atoms. The SMILES string of the molecule is Cc1cc(N(C)CC2(N(C)C)CCC2)ccc1CCl. The molecule has 1 aromatic rings. The highest BCUT2D eigenvalue weighted by Gasteiger charge is 2.39. The predicted octanol–water partition coefficient (Wildman–Crippen LogP) is 3.65. The molecular formula is C16H25ClN2. The maximum Gasteiger partial charge on any atom is 0.0476 e. The van der Waals surface area contributed by atoms with Gasteiger partial charge in [0.2, 0.25) is 0 Å². The molecule has 0 unspecified atom stereocenters. The third-order valence-electron chi connectivity index (χ3n) is 4.68. The van der Waals surface area contributed by atoms with Crippen molar-refractivity contribution in [3.05, 3.63) is 29.3 Å². The molecule has 0 radical (unpaired) electrons. The van der Waals surface area contributed by atoms with Crippen molar-refractivity contribution in [3.8, 4) is 0 Å². The number of hydrogen-bond donors (Lipinski definition) is 0. The molecule has 0 heterocycles. The highest BCUT2D eigenvalue weighted by molar-refractivity contribution is 6.17. The summed E-state index contributed by atoms with van der Waals surface area (Å²) in [5.41, 5.74) is 4.17. The van der Waals surface area contributed by atoms with Crippen molar-refractivity contribution in [1.82, 2.24) is 4.90 Å². The normalized spacial score (nSPS) is 17.4. The zero-order chi connectivity index (χ0) is 14.0. The van der Waals surface area contributed by atoms with Crippen molar-refractivity contribution in [2.75, 3.05) is 32.6 Å². The Labute approximate surface area is 122 Å². The Morgan fingerprint density at radius 3 is 2.32 bits per heavy atom. The van der Waals surface area contributed by atoms with E-state index in [1.807, 2.05) is 0 Å². The van der Waals surface area contributed by atoms with Crippen LogP contribution in [-0.4, -0.2) is 38.1 Å². The van der Waals surface area contributed by atoms with E-state index in [9.17, 15) is 0 Å². The molecule has 0 atom stereocenters. The molecule has 1 aliphatic carbocycles. The lowest BCUT2D eigenvalue weighted by Gasteiger charge is -2.49. The van der Waals surface area contributed by atoms with Gasteiger partial charge in [0.05, 0.1) is 0 Å². The van der Waals surface area contributed by atoms with Gasteiger partial charge in [-0.3, -0.25) is 0 Å². The van der Waals surface area contributed by atoms with Crippen LogP contribution in [0.2, 0.25) is 0 Å². The van der Waals surface area contributed by atoms with Gasteiger partial charge in [0.25, 0.3) is 0 Å².